The van der Waals surface area contributed by atoms with Crippen LogP contribution in [0.25, 0.3) is 0 Å². The fourth-order valence-corrected chi connectivity index (χ4v) is 3.83. The Kier molecular flexibility index (Phi) is 1.29. The van der Waals surface area contributed by atoms with Gasteiger partial charge in [0.15, 0.2) is 0 Å². The molecule has 2 heteroatoms. The highest BCUT2D eigenvalue weighted by Crippen LogP contribution is 2.53. The van der Waals surface area contributed by atoms with Gasteiger partial charge in [0.25, 0.3) is 0 Å². The van der Waals surface area contributed by atoms with Gasteiger partial charge in [-0.15, -0.1) is 0 Å². The molecule has 1 N–H and O–H groups in total. The van der Waals surface area contributed by atoms with Crippen molar-refractivity contribution in [2.24, 2.45) is 28.8 Å². The van der Waals surface area contributed by atoms with Crippen molar-refractivity contribution in [1.82, 2.24) is 0 Å². The lowest BCUT2D eigenvalue weighted by Crippen LogP contribution is -2.30. The molecule has 0 aromatic rings. The molecule has 4 unspecified atom stereocenters. The average Bonchev–Trinajstić information content (AvgIpc) is 2.29. The predicted molar refractivity (Wildman–Crippen MR) is 46.3 cm³/mol. The zero-order chi connectivity index (χ0) is 8.13. The van der Waals surface area contributed by atoms with E-state index in [-0.39, 0.29) is 0 Å². The summed E-state index contributed by atoms with van der Waals surface area (Å²) in [6.45, 7) is 0. The Hall–Kier alpha value is -0.530. The number of hydrogen-bond donors (Lipinski definition) is 1. The van der Waals surface area contributed by atoms with E-state index in [1.165, 1.54) is 25.7 Å². The average molecular weight is 165 g/mol. The van der Waals surface area contributed by atoms with Gasteiger partial charge in [-0.25, -0.2) is 0 Å². The molecule has 2 nitrogen and oxygen atoms in total. The van der Waals surface area contributed by atoms with E-state index >= 15 is 0 Å². The smallest absolute Gasteiger partial charge is 0.0607 e. The van der Waals surface area contributed by atoms with Crippen LogP contribution in [0.1, 0.15) is 32.1 Å². The molecule has 3 rings (SSSR count). The second-order valence-corrected chi connectivity index (χ2v) is 4.84. The van der Waals surface area contributed by atoms with Gasteiger partial charge in [0.2, 0.25) is 0 Å². The van der Waals surface area contributed by atoms with E-state index in [9.17, 15) is 0 Å². The van der Waals surface area contributed by atoms with E-state index in [2.05, 4.69) is 5.16 Å². The Morgan fingerprint density at radius 3 is 2.75 bits per heavy atom. The first-order chi connectivity index (χ1) is 5.86. The minimum atomic E-state index is 0.666. The van der Waals surface area contributed by atoms with Crippen LogP contribution < -0.4 is 0 Å². The predicted octanol–water partition coefficient (Wildman–Crippen LogP) is 2.27. The maximum absolute atomic E-state index is 8.86. The first-order valence-corrected chi connectivity index (χ1v) is 5.07. The Labute approximate surface area is 72.6 Å². The summed E-state index contributed by atoms with van der Waals surface area (Å²) >= 11 is 0. The third-order valence-corrected chi connectivity index (χ3v) is 4.15. The molecule has 3 bridgehead atoms. The molecular formula is C10H15NO. The molecule has 0 heterocycles. The van der Waals surface area contributed by atoms with Gasteiger partial charge in [-0.05, 0) is 49.9 Å². The van der Waals surface area contributed by atoms with Crippen molar-refractivity contribution < 1.29 is 5.21 Å². The molecular weight excluding hydrogens is 150 g/mol. The lowest BCUT2D eigenvalue weighted by Gasteiger charge is -2.34. The fourth-order valence-electron chi connectivity index (χ4n) is 3.83. The minimum Gasteiger partial charge on any atom is -0.411 e. The van der Waals surface area contributed by atoms with E-state index in [0.29, 0.717) is 5.92 Å². The normalized spacial score (nSPS) is 53.5. The maximum atomic E-state index is 8.86. The summed E-state index contributed by atoms with van der Waals surface area (Å²) in [6.07, 6.45) is 6.65. The Morgan fingerprint density at radius 1 is 1.08 bits per heavy atom. The third kappa shape index (κ3) is 0.782. The Balaban J connectivity index is 1.98. The fraction of sp³-hybridized carbons (Fsp3) is 0.900. The van der Waals surface area contributed by atoms with Gasteiger partial charge in [0, 0.05) is 5.92 Å². The van der Waals surface area contributed by atoms with E-state index in [1.54, 1.807) is 0 Å². The molecule has 0 aliphatic heterocycles. The van der Waals surface area contributed by atoms with Crippen LogP contribution in [0.3, 0.4) is 0 Å². The van der Waals surface area contributed by atoms with Crippen molar-refractivity contribution in [2.75, 3.05) is 0 Å². The van der Waals surface area contributed by atoms with Crippen LogP contribution in [0.15, 0.2) is 5.16 Å². The van der Waals surface area contributed by atoms with Crippen molar-refractivity contribution in [3.05, 3.63) is 0 Å². The Bertz CT molecular complexity index is 234. The summed E-state index contributed by atoms with van der Waals surface area (Å²) in [4.78, 5) is 0. The number of oxime groups is 1. The molecule has 0 radical (unpaired) electrons. The molecule has 0 aromatic heterocycles. The molecule has 0 spiro atoms. The van der Waals surface area contributed by atoms with E-state index in [0.717, 1.165) is 29.9 Å². The summed E-state index contributed by atoms with van der Waals surface area (Å²) in [5.74, 6) is 3.38. The second kappa shape index (κ2) is 2.24. The van der Waals surface area contributed by atoms with Crippen molar-refractivity contribution in [3.63, 3.8) is 0 Å². The molecule has 3 fully saturated rings. The summed E-state index contributed by atoms with van der Waals surface area (Å²) in [5, 5.41) is 12.3. The number of fused-ring (bicyclic) bond motifs is 2. The van der Waals surface area contributed by atoms with E-state index in [1.807, 2.05) is 0 Å². The maximum Gasteiger partial charge on any atom is 0.0607 e. The number of hydrogen-bond acceptors (Lipinski definition) is 2. The molecule has 12 heavy (non-hydrogen) atoms. The SMILES string of the molecule is O/N=C1\CC2CC3CC(C2)C1C3. The molecule has 4 atom stereocenters. The lowest BCUT2D eigenvalue weighted by atomic mass is 9.71. The summed E-state index contributed by atoms with van der Waals surface area (Å²) in [7, 11) is 0. The zero-order valence-corrected chi connectivity index (χ0v) is 7.24. The van der Waals surface area contributed by atoms with Crippen LogP contribution in [0, 0.1) is 23.7 Å². The van der Waals surface area contributed by atoms with Crippen LogP contribution in [0.5, 0.6) is 0 Å². The van der Waals surface area contributed by atoms with Crippen LogP contribution in [0.4, 0.5) is 0 Å². The van der Waals surface area contributed by atoms with E-state index in [4.69, 9.17) is 5.21 Å². The third-order valence-electron chi connectivity index (χ3n) is 4.15. The van der Waals surface area contributed by atoms with Gasteiger partial charge in [-0.3, -0.25) is 0 Å². The lowest BCUT2D eigenvalue weighted by molar-refractivity contribution is 0.232. The largest absolute Gasteiger partial charge is 0.411 e. The van der Waals surface area contributed by atoms with Crippen molar-refractivity contribution in [3.8, 4) is 0 Å². The highest BCUT2D eigenvalue weighted by atomic mass is 16.4. The van der Waals surface area contributed by atoms with E-state index < -0.39 is 0 Å². The van der Waals surface area contributed by atoms with Gasteiger partial charge >= 0.3 is 0 Å². The van der Waals surface area contributed by atoms with Crippen molar-refractivity contribution in [2.45, 2.75) is 32.1 Å². The van der Waals surface area contributed by atoms with Gasteiger partial charge < -0.3 is 5.21 Å². The molecule has 3 saturated carbocycles. The topological polar surface area (TPSA) is 32.6 Å². The summed E-state index contributed by atoms with van der Waals surface area (Å²) in [6, 6.07) is 0. The molecule has 3 aliphatic carbocycles. The molecule has 66 valence electrons. The summed E-state index contributed by atoms with van der Waals surface area (Å²) in [5.41, 5.74) is 1.12. The van der Waals surface area contributed by atoms with Gasteiger partial charge in [0.05, 0.1) is 5.71 Å². The quantitative estimate of drug-likeness (QED) is 0.433. The number of nitrogens with zero attached hydrogens (tertiary/aromatic N) is 1. The number of rotatable bonds is 0. The molecule has 3 aliphatic rings. The Morgan fingerprint density at radius 2 is 1.92 bits per heavy atom. The standard InChI is InChI=1S/C10H15NO/c12-11-10-5-7-1-6-2-8(3-7)9(10)4-6/h6-9,12H,1-5H2/b11-10+. The van der Waals surface area contributed by atoms with Crippen LogP contribution >= 0.6 is 0 Å². The molecule has 0 amide bonds. The zero-order valence-electron chi connectivity index (χ0n) is 7.24. The highest BCUT2D eigenvalue weighted by molar-refractivity contribution is 5.88. The van der Waals surface area contributed by atoms with Crippen molar-refractivity contribution >= 4 is 5.71 Å². The molecule has 0 aromatic carbocycles. The first kappa shape index (κ1) is 6.93. The monoisotopic (exact) mass is 165 g/mol. The van der Waals surface area contributed by atoms with Crippen LogP contribution in [0.2, 0.25) is 0 Å². The minimum absolute atomic E-state index is 0.666. The van der Waals surface area contributed by atoms with Crippen LogP contribution in [-0.2, 0) is 0 Å². The second-order valence-electron chi connectivity index (χ2n) is 4.84. The van der Waals surface area contributed by atoms with Crippen LogP contribution in [-0.4, -0.2) is 10.9 Å². The first-order valence-electron chi connectivity index (χ1n) is 5.07. The van der Waals surface area contributed by atoms with Gasteiger partial charge in [-0.2, -0.15) is 0 Å². The van der Waals surface area contributed by atoms with Gasteiger partial charge in [-0.1, -0.05) is 5.16 Å². The molecule has 0 saturated heterocycles. The summed E-state index contributed by atoms with van der Waals surface area (Å²) < 4.78 is 0. The van der Waals surface area contributed by atoms with Crippen molar-refractivity contribution in [1.29, 1.82) is 0 Å². The highest BCUT2D eigenvalue weighted by Gasteiger charge is 2.47. The van der Waals surface area contributed by atoms with Gasteiger partial charge in [0.1, 0.15) is 0 Å².